The number of rotatable bonds is 3. The zero-order valence-corrected chi connectivity index (χ0v) is 12.1. The molecule has 0 atom stereocenters. The zero-order chi connectivity index (χ0) is 14.8. The Hall–Kier alpha value is -2.35. The largest absolute Gasteiger partial charge is 0.368 e. The number of primary amides is 1. The fourth-order valence-electron chi connectivity index (χ4n) is 2.30. The molecule has 3 heterocycles. The average Bonchev–Trinajstić information content (AvgIpc) is 3.06. The summed E-state index contributed by atoms with van der Waals surface area (Å²) in [5, 5.41) is 8.81. The van der Waals surface area contributed by atoms with E-state index in [0.29, 0.717) is 18.8 Å². The molecule has 0 aromatic carbocycles. The number of aromatic nitrogens is 2. The smallest absolute Gasteiger partial charge is 0.322 e. The summed E-state index contributed by atoms with van der Waals surface area (Å²) in [6.07, 6.45) is 3.98. The SMILES string of the molecule is NC(=O)Cn1cc(NC(=O)N2CCc3sccc3C2)cn1. The molecule has 0 bridgehead atoms. The van der Waals surface area contributed by atoms with Crippen LogP contribution in [-0.4, -0.2) is 33.2 Å². The predicted octanol–water partition coefficient (Wildman–Crippen LogP) is 1.02. The molecule has 1 aliphatic rings. The van der Waals surface area contributed by atoms with Gasteiger partial charge in [-0.2, -0.15) is 5.10 Å². The second-order valence-corrected chi connectivity index (χ2v) is 5.86. The molecule has 3 rings (SSSR count). The van der Waals surface area contributed by atoms with E-state index in [1.165, 1.54) is 21.3 Å². The highest BCUT2D eigenvalue weighted by atomic mass is 32.1. The van der Waals surface area contributed by atoms with Crippen LogP contribution in [0.4, 0.5) is 10.5 Å². The van der Waals surface area contributed by atoms with E-state index in [1.807, 2.05) is 0 Å². The van der Waals surface area contributed by atoms with E-state index < -0.39 is 5.91 Å². The van der Waals surface area contributed by atoms with E-state index in [9.17, 15) is 9.59 Å². The Bertz CT molecular complexity index is 678. The maximum absolute atomic E-state index is 12.2. The summed E-state index contributed by atoms with van der Waals surface area (Å²) in [7, 11) is 0. The van der Waals surface area contributed by atoms with Crippen molar-refractivity contribution in [1.29, 1.82) is 0 Å². The summed E-state index contributed by atoms with van der Waals surface area (Å²) in [6.45, 7) is 1.33. The molecular formula is C13H15N5O2S. The van der Waals surface area contributed by atoms with Crippen molar-refractivity contribution < 1.29 is 9.59 Å². The fourth-order valence-corrected chi connectivity index (χ4v) is 3.19. The molecule has 3 amide bonds. The van der Waals surface area contributed by atoms with Crippen LogP contribution in [0.1, 0.15) is 10.4 Å². The Labute approximate surface area is 125 Å². The molecule has 1 aliphatic heterocycles. The predicted molar refractivity (Wildman–Crippen MR) is 78.9 cm³/mol. The first kappa shape index (κ1) is 13.6. The van der Waals surface area contributed by atoms with Gasteiger partial charge in [0.25, 0.3) is 0 Å². The molecule has 7 nitrogen and oxygen atoms in total. The van der Waals surface area contributed by atoms with E-state index in [1.54, 1.807) is 22.4 Å². The molecule has 0 unspecified atom stereocenters. The third-order valence-electron chi connectivity index (χ3n) is 3.30. The molecular weight excluding hydrogens is 290 g/mol. The summed E-state index contributed by atoms with van der Waals surface area (Å²) in [4.78, 5) is 26.1. The number of anilines is 1. The van der Waals surface area contributed by atoms with Gasteiger partial charge in [0, 0.05) is 24.2 Å². The first-order valence-corrected chi connectivity index (χ1v) is 7.42. The molecule has 3 N–H and O–H groups in total. The Morgan fingerprint density at radius 1 is 1.48 bits per heavy atom. The molecule has 8 heteroatoms. The minimum Gasteiger partial charge on any atom is -0.368 e. The van der Waals surface area contributed by atoms with Gasteiger partial charge in [-0.25, -0.2) is 4.79 Å². The third kappa shape index (κ3) is 3.05. The van der Waals surface area contributed by atoms with E-state index in [-0.39, 0.29) is 12.6 Å². The molecule has 2 aromatic rings. The Balaban J connectivity index is 1.62. The Morgan fingerprint density at radius 3 is 3.14 bits per heavy atom. The maximum Gasteiger partial charge on any atom is 0.322 e. The van der Waals surface area contributed by atoms with Crippen molar-refractivity contribution in [2.45, 2.75) is 19.5 Å². The monoisotopic (exact) mass is 305 g/mol. The van der Waals surface area contributed by atoms with Gasteiger partial charge >= 0.3 is 6.03 Å². The van der Waals surface area contributed by atoms with Crippen LogP contribution >= 0.6 is 11.3 Å². The van der Waals surface area contributed by atoms with Crippen LogP contribution < -0.4 is 11.1 Å². The van der Waals surface area contributed by atoms with Crippen LogP contribution in [0.3, 0.4) is 0 Å². The Morgan fingerprint density at radius 2 is 2.33 bits per heavy atom. The fraction of sp³-hybridized carbons (Fsp3) is 0.308. The summed E-state index contributed by atoms with van der Waals surface area (Å²) in [6, 6.07) is 1.90. The molecule has 21 heavy (non-hydrogen) atoms. The van der Waals surface area contributed by atoms with Crippen molar-refractivity contribution in [3.8, 4) is 0 Å². The number of nitrogens with one attached hydrogen (secondary N) is 1. The van der Waals surface area contributed by atoms with Gasteiger partial charge in [0.05, 0.1) is 11.9 Å². The van der Waals surface area contributed by atoms with E-state index in [4.69, 9.17) is 5.73 Å². The van der Waals surface area contributed by atoms with Crippen molar-refractivity contribution in [2.24, 2.45) is 5.73 Å². The molecule has 0 aliphatic carbocycles. The minimum absolute atomic E-state index is 0.00213. The minimum atomic E-state index is -0.475. The van der Waals surface area contributed by atoms with Crippen LogP contribution in [0, 0.1) is 0 Å². The highest BCUT2D eigenvalue weighted by Crippen LogP contribution is 2.24. The number of fused-ring (bicyclic) bond motifs is 1. The average molecular weight is 305 g/mol. The third-order valence-corrected chi connectivity index (χ3v) is 4.32. The van der Waals surface area contributed by atoms with Gasteiger partial charge in [0.1, 0.15) is 6.54 Å². The summed E-state index contributed by atoms with van der Waals surface area (Å²) in [5.41, 5.74) is 6.86. The zero-order valence-electron chi connectivity index (χ0n) is 11.3. The normalized spacial score (nSPS) is 13.8. The van der Waals surface area contributed by atoms with Crippen LogP contribution in [0.25, 0.3) is 0 Å². The highest BCUT2D eigenvalue weighted by Gasteiger charge is 2.21. The number of nitrogens with two attached hydrogens (primary N) is 1. The lowest BCUT2D eigenvalue weighted by Crippen LogP contribution is -2.38. The number of amides is 3. The van der Waals surface area contributed by atoms with Gasteiger partial charge in [0.2, 0.25) is 5.91 Å². The molecule has 0 fully saturated rings. The number of nitrogens with zero attached hydrogens (tertiary/aromatic N) is 3. The summed E-state index contributed by atoms with van der Waals surface area (Å²) in [5.74, 6) is -0.475. The maximum atomic E-state index is 12.2. The lowest BCUT2D eigenvalue weighted by molar-refractivity contribution is -0.118. The van der Waals surface area contributed by atoms with E-state index in [0.717, 1.165) is 6.42 Å². The van der Waals surface area contributed by atoms with Crippen LogP contribution in [-0.2, 0) is 24.3 Å². The number of carbonyl (C=O) groups excluding carboxylic acids is 2. The molecule has 110 valence electrons. The number of thiophene rings is 1. The van der Waals surface area contributed by atoms with Gasteiger partial charge in [-0.15, -0.1) is 11.3 Å². The number of carbonyl (C=O) groups is 2. The molecule has 0 saturated heterocycles. The lowest BCUT2D eigenvalue weighted by atomic mass is 10.1. The highest BCUT2D eigenvalue weighted by molar-refractivity contribution is 7.10. The van der Waals surface area contributed by atoms with E-state index in [2.05, 4.69) is 21.9 Å². The van der Waals surface area contributed by atoms with Crippen LogP contribution in [0.5, 0.6) is 0 Å². The van der Waals surface area contributed by atoms with Crippen molar-refractivity contribution in [2.75, 3.05) is 11.9 Å². The number of hydrogen-bond acceptors (Lipinski definition) is 4. The number of urea groups is 1. The Kier molecular flexibility index (Phi) is 3.61. The van der Waals surface area contributed by atoms with Crippen molar-refractivity contribution in [3.05, 3.63) is 34.3 Å². The van der Waals surface area contributed by atoms with E-state index >= 15 is 0 Å². The lowest BCUT2D eigenvalue weighted by Gasteiger charge is -2.26. The van der Waals surface area contributed by atoms with Crippen molar-refractivity contribution in [3.63, 3.8) is 0 Å². The molecule has 0 radical (unpaired) electrons. The molecule has 0 saturated carbocycles. The molecule has 2 aromatic heterocycles. The van der Waals surface area contributed by atoms with Crippen LogP contribution in [0.2, 0.25) is 0 Å². The van der Waals surface area contributed by atoms with Crippen molar-refractivity contribution >= 4 is 29.0 Å². The van der Waals surface area contributed by atoms with Crippen molar-refractivity contribution in [1.82, 2.24) is 14.7 Å². The summed E-state index contributed by atoms with van der Waals surface area (Å²) >= 11 is 1.74. The molecule has 0 spiro atoms. The second-order valence-electron chi connectivity index (χ2n) is 4.86. The van der Waals surface area contributed by atoms with Gasteiger partial charge in [0.15, 0.2) is 0 Å². The van der Waals surface area contributed by atoms with Gasteiger partial charge in [-0.3, -0.25) is 9.48 Å². The van der Waals surface area contributed by atoms with Gasteiger partial charge in [-0.1, -0.05) is 0 Å². The topological polar surface area (TPSA) is 93.2 Å². The number of hydrogen-bond donors (Lipinski definition) is 2. The standard InChI is InChI=1S/C13H15N5O2S/c14-12(19)8-18-7-10(5-15-18)16-13(20)17-3-1-11-9(6-17)2-4-21-11/h2,4-5,7H,1,3,6,8H2,(H2,14,19)(H,16,20). The summed E-state index contributed by atoms with van der Waals surface area (Å²) < 4.78 is 1.39. The first-order chi connectivity index (χ1) is 10.1. The second kappa shape index (κ2) is 5.57. The quantitative estimate of drug-likeness (QED) is 0.886. The van der Waals surface area contributed by atoms with Crippen LogP contribution in [0.15, 0.2) is 23.8 Å². The van der Waals surface area contributed by atoms with Gasteiger partial charge in [-0.05, 0) is 23.4 Å². The van der Waals surface area contributed by atoms with Gasteiger partial charge < -0.3 is 16.0 Å². The first-order valence-electron chi connectivity index (χ1n) is 6.54.